The molecular weight excluding hydrogens is 322 g/mol. The van der Waals surface area contributed by atoms with Gasteiger partial charge in [0.15, 0.2) is 9.92 Å². The Balaban J connectivity index is 2.48. The molecule has 0 fully saturated rings. The Hall–Kier alpha value is -2.05. The van der Waals surface area contributed by atoms with Crippen molar-refractivity contribution in [1.29, 1.82) is 0 Å². The average molecular weight is 338 g/mol. The van der Waals surface area contributed by atoms with E-state index in [1.165, 1.54) is 7.05 Å². The number of amides is 2. The van der Waals surface area contributed by atoms with Gasteiger partial charge in [-0.2, -0.15) is 0 Å². The zero-order valence-corrected chi connectivity index (χ0v) is 13.7. The molecule has 0 radical (unpaired) electrons. The number of urea groups is 1. The zero-order valence-electron chi connectivity index (χ0n) is 12.2. The molecule has 0 heterocycles. The van der Waals surface area contributed by atoms with Crippen LogP contribution in [0.2, 0.25) is 5.02 Å². The lowest BCUT2D eigenvalue weighted by Crippen LogP contribution is -2.20. The van der Waals surface area contributed by atoms with Crippen LogP contribution in [-0.4, -0.2) is 17.3 Å². The summed E-state index contributed by atoms with van der Waals surface area (Å²) in [5.74, 6) is 0. The quantitative estimate of drug-likeness (QED) is 0.893. The summed E-state index contributed by atoms with van der Waals surface area (Å²) in [6.07, 6.45) is 0. The summed E-state index contributed by atoms with van der Waals surface area (Å²) in [4.78, 5) is 12.0. The Morgan fingerprint density at radius 2 is 1.68 bits per heavy atom. The van der Waals surface area contributed by atoms with Gasteiger partial charge in [0, 0.05) is 17.8 Å². The van der Waals surface area contributed by atoms with Gasteiger partial charge in [-0.3, -0.25) is 4.72 Å². The monoisotopic (exact) mass is 337 g/mol. The topological polar surface area (TPSA) is 70.6 Å². The third-order valence-electron chi connectivity index (χ3n) is 2.87. The molecule has 2 amide bonds. The summed E-state index contributed by atoms with van der Waals surface area (Å²) in [6.45, 7) is 1.92. The van der Waals surface area contributed by atoms with E-state index in [1.807, 2.05) is 19.1 Å². The second-order valence-electron chi connectivity index (χ2n) is 4.59. The molecule has 7 heteroatoms. The van der Waals surface area contributed by atoms with Crippen LogP contribution >= 0.6 is 11.6 Å². The summed E-state index contributed by atoms with van der Waals surface area (Å²) in [5, 5.41) is 2.92. The number of nitrogens with zero attached hydrogens (tertiary/aromatic N) is 1. The number of nitrogens with one attached hydrogen (secondary N) is 2. The normalized spacial score (nSPS) is 13.0. The second-order valence-corrected chi connectivity index (χ2v) is 6.94. The summed E-state index contributed by atoms with van der Waals surface area (Å²) in [7, 11) is -1.71. The van der Waals surface area contributed by atoms with Crippen molar-refractivity contribution in [3.63, 3.8) is 0 Å². The molecule has 0 aliphatic carbocycles. The van der Waals surface area contributed by atoms with Gasteiger partial charge in [0.2, 0.25) is 0 Å². The number of aryl methyl sites for hydroxylation is 1. The SMILES string of the molecule is CNC(=O)N=S(=O)(Nc1ccc(Cl)cc1)c1ccc(C)cc1. The first-order chi connectivity index (χ1) is 10.4. The van der Waals surface area contributed by atoms with E-state index in [4.69, 9.17) is 11.6 Å². The van der Waals surface area contributed by atoms with Crippen LogP contribution in [-0.2, 0) is 9.92 Å². The van der Waals surface area contributed by atoms with Gasteiger partial charge in [0.05, 0.1) is 4.90 Å². The van der Waals surface area contributed by atoms with Crippen LogP contribution in [0.3, 0.4) is 0 Å². The van der Waals surface area contributed by atoms with Crippen LogP contribution in [0.5, 0.6) is 0 Å². The van der Waals surface area contributed by atoms with Crippen LogP contribution < -0.4 is 10.0 Å². The summed E-state index contributed by atoms with van der Waals surface area (Å²) in [6, 6.07) is 13.0. The van der Waals surface area contributed by atoms with Crippen LogP contribution in [0.25, 0.3) is 0 Å². The van der Waals surface area contributed by atoms with E-state index in [0.717, 1.165) is 5.56 Å². The number of hydrogen-bond donors (Lipinski definition) is 2. The van der Waals surface area contributed by atoms with Crippen molar-refractivity contribution >= 4 is 33.2 Å². The molecule has 2 aromatic carbocycles. The predicted molar refractivity (Wildman–Crippen MR) is 89.5 cm³/mol. The van der Waals surface area contributed by atoms with E-state index in [-0.39, 0.29) is 0 Å². The number of carbonyl (C=O) groups is 1. The van der Waals surface area contributed by atoms with Gasteiger partial charge in [-0.05, 0) is 43.3 Å². The Kier molecular flexibility index (Phi) is 5.05. The van der Waals surface area contributed by atoms with Crippen LogP contribution in [0, 0.1) is 6.92 Å². The van der Waals surface area contributed by atoms with E-state index >= 15 is 0 Å². The third-order valence-corrected chi connectivity index (χ3v) is 4.96. The van der Waals surface area contributed by atoms with Crippen LogP contribution in [0.1, 0.15) is 5.56 Å². The molecule has 1 unspecified atom stereocenters. The van der Waals surface area contributed by atoms with Crippen molar-refractivity contribution in [3.8, 4) is 0 Å². The lowest BCUT2D eigenvalue weighted by molar-refractivity contribution is 0.251. The average Bonchev–Trinajstić information content (AvgIpc) is 2.50. The van der Waals surface area contributed by atoms with Gasteiger partial charge in [-0.1, -0.05) is 29.3 Å². The number of halogens is 1. The molecule has 0 saturated carbocycles. The molecule has 0 spiro atoms. The van der Waals surface area contributed by atoms with Crippen molar-refractivity contribution in [2.45, 2.75) is 11.8 Å². The van der Waals surface area contributed by atoms with E-state index in [2.05, 4.69) is 14.4 Å². The first kappa shape index (κ1) is 16.3. The minimum Gasteiger partial charge on any atom is -0.339 e. The molecule has 0 aliphatic heterocycles. The third kappa shape index (κ3) is 3.99. The molecule has 0 aliphatic rings. The second kappa shape index (κ2) is 6.81. The van der Waals surface area contributed by atoms with Crippen molar-refractivity contribution in [1.82, 2.24) is 5.32 Å². The number of carbonyl (C=O) groups excluding carboxylic acids is 1. The van der Waals surface area contributed by atoms with Crippen molar-refractivity contribution in [3.05, 3.63) is 59.1 Å². The number of benzene rings is 2. The van der Waals surface area contributed by atoms with Gasteiger partial charge < -0.3 is 5.32 Å². The molecule has 0 saturated heterocycles. The zero-order chi connectivity index (χ0) is 16.2. The first-order valence-corrected chi connectivity index (χ1v) is 8.41. The minimum atomic E-state index is -3.14. The molecular formula is C15H16ClN3O2S. The van der Waals surface area contributed by atoms with Gasteiger partial charge in [-0.15, -0.1) is 4.36 Å². The fraction of sp³-hybridized carbons (Fsp3) is 0.133. The molecule has 2 rings (SSSR count). The first-order valence-electron chi connectivity index (χ1n) is 6.52. The number of rotatable bonds is 3. The van der Waals surface area contributed by atoms with E-state index in [9.17, 15) is 9.00 Å². The van der Waals surface area contributed by atoms with E-state index in [0.29, 0.717) is 15.6 Å². The van der Waals surface area contributed by atoms with Crippen LogP contribution in [0.15, 0.2) is 57.8 Å². The molecule has 2 N–H and O–H groups in total. The fourth-order valence-corrected chi connectivity index (χ4v) is 3.38. The molecule has 116 valence electrons. The number of anilines is 1. The summed E-state index contributed by atoms with van der Waals surface area (Å²) >= 11 is 5.84. The van der Waals surface area contributed by atoms with Gasteiger partial charge in [0.25, 0.3) is 0 Å². The van der Waals surface area contributed by atoms with Crippen molar-refractivity contribution < 1.29 is 9.00 Å². The Morgan fingerprint density at radius 3 is 2.23 bits per heavy atom. The maximum atomic E-state index is 13.2. The summed E-state index contributed by atoms with van der Waals surface area (Å²) in [5.41, 5.74) is 1.58. The molecule has 0 bridgehead atoms. The smallest absolute Gasteiger partial charge is 0.339 e. The highest BCUT2D eigenvalue weighted by molar-refractivity contribution is 7.95. The Morgan fingerprint density at radius 1 is 1.09 bits per heavy atom. The van der Waals surface area contributed by atoms with Gasteiger partial charge >= 0.3 is 6.03 Å². The highest BCUT2D eigenvalue weighted by Gasteiger charge is 2.15. The van der Waals surface area contributed by atoms with E-state index < -0.39 is 15.9 Å². The van der Waals surface area contributed by atoms with Crippen LogP contribution in [0.4, 0.5) is 10.5 Å². The molecule has 5 nitrogen and oxygen atoms in total. The van der Waals surface area contributed by atoms with Crippen molar-refractivity contribution in [2.24, 2.45) is 4.36 Å². The van der Waals surface area contributed by atoms with Gasteiger partial charge in [0.1, 0.15) is 0 Å². The fourth-order valence-electron chi connectivity index (χ4n) is 1.70. The lowest BCUT2D eigenvalue weighted by Gasteiger charge is -2.13. The predicted octanol–water partition coefficient (Wildman–Crippen LogP) is 3.84. The highest BCUT2D eigenvalue weighted by atomic mass is 35.5. The maximum absolute atomic E-state index is 13.2. The molecule has 0 aromatic heterocycles. The highest BCUT2D eigenvalue weighted by Crippen LogP contribution is 2.20. The molecule has 2 aromatic rings. The standard InChI is InChI=1S/C15H16ClN3O2S/c1-11-3-9-14(10-4-11)22(21,19-15(20)17-2)18-13-7-5-12(16)6-8-13/h3-10H,1-2H3,(H2,17,18,19,20,21). The summed E-state index contributed by atoms with van der Waals surface area (Å²) < 4.78 is 19.8. The number of hydrogen-bond acceptors (Lipinski definition) is 2. The lowest BCUT2D eigenvalue weighted by atomic mass is 10.2. The Bertz CT molecular complexity index is 779. The van der Waals surface area contributed by atoms with Crippen molar-refractivity contribution in [2.75, 3.05) is 11.8 Å². The van der Waals surface area contributed by atoms with Gasteiger partial charge in [-0.25, -0.2) is 9.00 Å². The largest absolute Gasteiger partial charge is 0.350 e. The molecule has 22 heavy (non-hydrogen) atoms. The molecule has 1 atom stereocenters. The Labute approximate surface area is 135 Å². The minimum absolute atomic E-state index is 0.427. The maximum Gasteiger partial charge on any atom is 0.350 e. The van der Waals surface area contributed by atoms with E-state index in [1.54, 1.807) is 36.4 Å².